The van der Waals surface area contributed by atoms with Gasteiger partial charge in [-0.25, -0.2) is 0 Å². The first kappa shape index (κ1) is 9.27. The van der Waals surface area contributed by atoms with Crippen molar-refractivity contribution >= 4 is 22.6 Å². The zero-order valence-electron chi connectivity index (χ0n) is 7.43. The second-order valence-electron chi connectivity index (χ2n) is 3.23. The predicted octanol–water partition coefficient (Wildman–Crippen LogP) is 2.03. The summed E-state index contributed by atoms with van der Waals surface area (Å²) in [5.41, 5.74) is 3.42. The molecule has 1 heterocycles. The third-order valence-corrected chi connectivity index (χ3v) is 3.68. The van der Waals surface area contributed by atoms with Gasteiger partial charge in [0, 0.05) is 15.6 Å². The van der Waals surface area contributed by atoms with Crippen LogP contribution >= 0.6 is 22.6 Å². The average Bonchev–Trinajstić information content (AvgIpc) is 2.60. The van der Waals surface area contributed by atoms with E-state index >= 15 is 0 Å². The SMILES string of the molecule is Cc1cc(CO)c(I)c2c1OCC2. The van der Waals surface area contributed by atoms with Gasteiger partial charge < -0.3 is 9.84 Å². The highest BCUT2D eigenvalue weighted by atomic mass is 127. The van der Waals surface area contributed by atoms with Crippen molar-refractivity contribution in [2.45, 2.75) is 20.0 Å². The van der Waals surface area contributed by atoms with Crippen LogP contribution in [0.15, 0.2) is 6.07 Å². The molecule has 0 fully saturated rings. The van der Waals surface area contributed by atoms with Gasteiger partial charge in [-0.15, -0.1) is 0 Å². The normalized spacial score (nSPS) is 14.1. The van der Waals surface area contributed by atoms with Crippen molar-refractivity contribution in [1.82, 2.24) is 0 Å². The van der Waals surface area contributed by atoms with Crippen LogP contribution in [0.25, 0.3) is 0 Å². The third-order valence-electron chi connectivity index (χ3n) is 2.34. The Morgan fingerprint density at radius 1 is 1.62 bits per heavy atom. The Hall–Kier alpha value is -0.290. The molecular weight excluding hydrogens is 279 g/mol. The summed E-state index contributed by atoms with van der Waals surface area (Å²) >= 11 is 2.28. The summed E-state index contributed by atoms with van der Waals surface area (Å²) in [7, 11) is 0. The lowest BCUT2D eigenvalue weighted by molar-refractivity contribution is 0.280. The first-order valence-corrected chi connectivity index (χ1v) is 5.36. The summed E-state index contributed by atoms with van der Waals surface area (Å²) in [5, 5.41) is 9.13. The van der Waals surface area contributed by atoms with E-state index in [-0.39, 0.29) is 6.61 Å². The van der Waals surface area contributed by atoms with E-state index in [9.17, 15) is 0 Å². The number of halogens is 1. The fourth-order valence-electron chi connectivity index (χ4n) is 1.72. The molecule has 0 aromatic heterocycles. The minimum Gasteiger partial charge on any atom is -0.493 e. The van der Waals surface area contributed by atoms with Crippen molar-refractivity contribution in [1.29, 1.82) is 0 Å². The van der Waals surface area contributed by atoms with Gasteiger partial charge in [0.1, 0.15) is 5.75 Å². The van der Waals surface area contributed by atoms with E-state index in [0.29, 0.717) is 0 Å². The molecule has 1 aromatic carbocycles. The van der Waals surface area contributed by atoms with Crippen LogP contribution in [-0.4, -0.2) is 11.7 Å². The summed E-state index contributed by atoms with van der Waals surface area (Å²) in [5.74, 6) is 1.03. The Bertz CT molecular complexity index is 347. The van der Waals surface area contributed by atoms with Crippen molar-refractivity contribution in [3.63, 3.8) is 0 Å². The number of rotatable bonds is 1. The minimum atomic E-state index is 0.117. The molecular formula is C10H11IO2. The van der Waals surface area contributed by atoms with Gasteiger partial charge in [-0.1, -0.05) is 0 Å². The molecule has 0 amide bonds. The number of hydrogen-bond acceptors (Lipinski definition) is 2. The Kier molecular flexibility index (Phi) is 2.47. The van der Waals surface area contributed by atoms with Gasteiger partial charge in [-0.2, -0.15) is 0 Å². The Morgan fingerprint density at radius 3 is 3.08 bits per heavy atom. The smallest absolute Gasteiger partial charge is 0.126 e. The van der Waals surface area contributed by atoms with Gasteiger partial charge in [0.05, 0.1) is 13.2 Å². The van der Waals surface area contributed by atoms with Crippen molar-refractivity contribution in [2.75, 3.05) is 6.61 Å². The van der Waals surface area contributed by atoms with Crippen LogP contribution in [0.2, 0.25) is 0 Å². The maximum absolute atomic E-state index is 9.13. The van der Waals surface area contributed by atoms with Crippen molar-refractivity contribution in [2.24, 2.45) is 0 Å². The number of aliphatic hydroxyl groups is 1. The zero-order chi connectivity index (χ0) is 9.42. The van der Waals surface area contributed by atoms with Crippen molar-refractivity contribution < 1.29 is 9.84 Å². The first-order chi connectivity index (χ1) is 6.24. The quantitative estimate of drug-likeness (QED) is 0.802. The van der Waals surface area contributed by atoms with E-state index in [1.54, 1.807) is 0 Å². The lowest BCUT2D eigenvalue weighted by atomic mass is 10.0. The number of aryl methyl sites for hydroxylation is 1. The second-order valence-corrected chi connectivity index (χ2v) is 4.31. The Balaban J connectivity index is 2.62. The van der Waals surface area contributed by atoms with Gasteiger partial charge >= 0.3 is 0 Å². The third kappa shape index (κ3) is 1.44. The lowest BCUT2D eigenvalue weighted by Gasteiger charge is -2.09. The summed E-state index contributed by atoms with van der Waals surface area (Å²) in [6.07, 6.45) is 0.974. The molecule has 0 radical (unpaired) electrons. The summed E-state index contributed by atoms with van der Waals surface area (Å²) in [6, 6.07) is 2.01. The molecule has 0 aliphatic carbocycles. The molecule has 1 aliphatic rings. The van der Waals surface area contributed by atoms with Crippen LogP contribution in [0.4, 0.5) is 0 Å². The van der Waals surface area contributed by atoms with Crippen LogP contribution in [0.1, 0.15) is 16.7 Å². The fourth-order valence-corrected chi connectivity index (χ4v) is 2.56. The fraction of sp³-hybridized carbons (Fsp3) is 0.400. The maximum Gasteiger partial charge on any atom is 0.126 e. The molecule has 0 atom stereocenters. The Morgan fingerprint density at radius 2 is 2.38 bits per heavy atom. The zero-order valence-corrected chi connectivity index (χ0v) is 9.59. The predicted molar refractivity (Wildman–Crippen MR) is 59.0 cm³/mol. The molecule has 70 valence electrons. The summed E-state index contributed by atoms with van der Waals surface area (Å²) < 4.78 is 6.69. The highest BCUT2D eigenvalue weighted by molar-refractivity contribution is 14.1. The molecule has 0 saturated carbocycles. The lowest BCUT2D eigenvalue weighted by Crippen LogP contribution is -1.95. The van der Waals surface area contributed by atoms with Crippen LogP contribution in [0, 0.1) is 10.5 Å². The standard InChI is InChI=1S/C10H11IO2/c1-6-4-7(5-12)9(11)8-2-3-13-10(6)8/h4,12H,2-3,5H2,1H3. The molecule has 1 aromatic rings. The number of fused-ring (bicyclic) bond motifs is 1. The van der Waals surface area contributed by atoms with Crippen molar-refractivity contribution in [3.8, 4) is 5.75 Å². The summed E-state index contributed by atoms with van der Waals surface area (Å²) in [4.78, 5) is 0. The maximum atomic E-state index is 9.13. The highest BCUT2D eigenvalue weighted by Crippen LogP contribution is 2.35. The van der Waals surface area contributed by atoms with Crippen LogP contribution in [0.5, 0.6) is 5.75 Å². The van der Waals surface area contributed by atoms with E-state index in [4.69, 9.17) is 9.84 Å². The number of ether oxygens (including phenoxy) is 1. The first-order valence-electron chi connectivity index (χ1n) is 4.28. The van der Waals surface area contributed by atoms with Crippen LogP contribution in [-0.2, 0) is 13.0 Å². The van der Waals surface area contributed by atoms with Crippen LogP contribution in [0.3, 0.4) is 0 Å². The molecule has 0 bridgehead atoms. The van der Waals surface area contributed by atoms with E-state index in [1.165, 1.54) is 9.13 Å². The number of hydrogen-bond donors (Lipinski definition) is 1. The average molecular weight is 290 g/mol. The molecule has 3 heteroatoms. The second kappa shape index (κ2) is 3.46. The monoisotopic (exact) mass is 290 g/mol. The van der Waals surface area contributed by atoms with Crippen molar-refractivity contribution in [3.05, 3.63) is 26.3 Å². The summed E-state index contributed by atoms with van der Waals surface area (Å²) in [6.45, 7) is 2.92. The molecule has 1 aliphatic heterocycles. The van der Waals surface area contributed by atoms with Gasteiger partial charge in [0.2, 0.25) is 0 Å². The molecule has 1 N–H and O–H groups in total. The molecule has 13 heavy (non-hydrogen) atoms. The molecule has 0 unspecified atom stereocenters. The van der Waals surface area contributed by atoms with Gasteiger partial charge in [0.15, 0.2) is 0 Å². The van der Waals surface area contributed by atoms with E-state index in [2.05, 4.69) is 22.6 Å². The topological polar surface area (TPSA) is 29.5 Å². The molecule has 0 spiro atoms. The van der Waals surface area contributed by atoms with E-state index in [0.717, 1.165) is 29.9 Å². The Labute approximate surface area is 91.1 Å². The molecule has 2 rings (SSSR count). The molecule has 0 saturated heterocycles. The minimum absolute atomic E-state index is 0.117. The van der Waals surface area contributed by atoms with Gasteiger partial charge in [0.25, 0.3) is 0 Å². The van der Waals surface area contributed by atoms with E-state index < -0.39 is 0 Å². The van der Waals surface area contributed by atoms with Crippen LogP contribution < -0.4 is 4.74 Å². The molecule has 2 nitrogen and oxygen atoms in total. The number of benzene rings is 1. The largest absolute Gasteiger partial charge is 0.493 e. The number of aliphatic hydroxyl groups excluding tert-OH is 1. The van der Waals surface area contributed by atoms with Gasteiger partial charge in [-0.3, -0.25) is 0 Å². The van der Waals surface area contributed by atoms with E-state index in [1.807, 2.05) is 13.0 Å². The van der Waals surface area contributed by atoms with Gasteiger partial charge in [-0.05, 0) is 46.7 Å². The highest BCUT2D eigenvalue weighted by Gasteiger charge is 2.19.